The van der Waals surface area contributed by atoms with Crippen molar-refractivity contribution in [1.82, 2.24) is 5.32 Å². The molecule has 24 heavy (non-hydrogen) atoms. The molecule has 128 valence electrons. The Labute approximate surface area is 143 Å². The van der Waals surface area contributed by atoms with Crippen LogP contribution in [0.15, 0.2) is 48.5 Å². The average Bonchev–Trinajstić information content (AvgIpc) is 2.62. The van der Waals surface area contributed by atoms with Gasteiger partial charge in [0.15, 0.2) is 0 Å². The molecule has 5 heteroatoms. The van der Waals surface area contributed by atoms with Gasteiger partial charge in [-0.15, -0.1) is 0 Å². The monoisotopic (exact) mass is 327 g/mol. The van der Waals surface area contributed by atoms with Crippen LogP contribution in [0.2, 0.25) is 0 Å². The van der Waals surface area contributed by atoms with Gasteiger partial charge in [0.2, 0.25) is 0 Å². The molecule has 0 radical (unpaired) electrons. The van der Waals surface area contributed by atoms with E-state index in [0.717, 1.165) is 35.5 Å². The molecule has 0 saturated carbocycles. The Balaban J connectivity index is 1.85. The molecule has 3 N–H and O–H groups in total. The molecule has 0 atom stereocenters. The van der Waals surface area contributed by atoms with Crippen LogP contribution in [0.4, 0.5) is 16.2 Å². The molecule has 0 unspecified atom stereocenters. The largest absolute Gasteiger partial charge is 0.392 e. The van der Waals surface area contributed by atoms with E-state index in [1.165, 1.54) is 0 Å². The first-order valence-electron chi connectivity index (χ1n) is 8.17. The molecule has 0 aliphatic rings. The van der Waals surface area contributed by atoms with Crippen molar-refractivity contribution < 1.29 is 9.90 Å². The summed E-state index contributed by atoms with van der Waals surface area (Å²) in [4.78, 5) is 14.2. The van der Waals surface area contributed by atoms with Gasteiger partial charge in [-0.25, -0.2) is 4.79 Å². The average molecular weight is 327 g/mol. The SMILES string of the molecule is CCN(C)c1ccccc1NC(=O)NCCc1ccc(CO)cc1. The highest BCUT2D eigenvalue weighted by atomic mass is 16.3. The Morgan fingerprint density at radius 1 is 1.08 bits per heavy atom. The van der Waals surface area contributed by atoms with E-state index in [0.29, 0.717) is 6.54 Å². The fraction of sp³-hybridized carbons (Fsp3) is 0.316. The van der Waals surface area contributed by atoms with Gasteiger partial charge in [0.25, 0.3) is 0 Å². The second-order valence-corrected chi connectivity index (χ2v) is 5.64. The number of para-hydroxylation sites is 2. The lowest BCUT2D eigenvalue weighted by Crippen LogP contribution is -2.31. The van der Waals surface area contributed by atoms with Crippen molar-refractivity contribution in [2.75, 3.05) is 30.4 Å². The fourth-order valence-corrected chi connectivity index (χ4v) is 2.38. The molecule has 0 spiro atoms. The van der Waals surface area contributed by atoms with Crippen LogP contribution in [0.25, 0.3) is 0 Å². The highest BCUT2D eigenvalue weighted by molar-refractivity contribution is 5.93. The van der Waals surface area contributed by atoms with E-state index in [1.54, 1.807) is 0 Å². The van der Waals surface area contributed by atoms with E-state index >= 15 is 0 Å². The maximum atomic E-state index is 12.1. The third-order valence-corrected chi connectivity index (χ3v) is 3.94. The standard InChI is InChI=1S/C19H25N3O2/c1-3-22(2)18-7-5-4-6-17(18)21-19(24)20-13-12-15-8-10-16(14-23)11-9-15/h4-11,23H,3,12-14H2,1-2H3,(H2,20,21,24). The summed E-state index contributed by atoms with van der Waals surface area (Å²) in [5, 5.41) is 14.8. The van der Waals surface area contributed by atoms with E-state index in [2.05, 4.69) is 22.5 Å². The Bertz CT molecular complexity index is 656. The van der Waals surface area contributed by atoms with Gasteiger partial charge in [0, 0.05) is 20.1 Å². The Morgan fingerprint density at radius 3 is 2.42 bits per heavy atom. The molecule has 0 aliphatic carbocycles. The number of urea groups is 1. The third-order valence-electron chi connectivity index (χ3n) is 3.94. The molecular weight excluding hydrogens is 302 g/mol. The number of anilines is 2. The van der Waals surface area contributed by atoms with Crippen molar-refractivity contribution in [3.05, 3.63) is 59.7 Å². The fourth-order valence-electron chi connectivity index (χ4n) is 2.38. The van der Waals surface area contributed by atoms with Crippen LogP contribution in [0.3, 0.4) is 0 Å². The molecule has 5 nitrogen and oxygen atoms in total. The second-order valence-electron chi connectivity index (χ2n) is 5.64. The van der Waals surface area contributed by atoms with Crippen LogP contribution in [0, 0.1) is 0 Å². The number of nitrogens with one attached hydrogen (secondary N) is 2. The van der Waals surface area contributed by atoms with Gasteiger partial charge < -0.3 is 20.6 Å². The zero-order chi connectivity index (χ0) is 17.4. The summed E-state index contributed by atoms with van der Waals surface area (Å²) in [6.45, 7) is 3.53. The minimum absolute atomic E-state index is 0.0482. The highest BCUT2D eigenvalue weighted by Gasteiger charge is 2.08. The Morgan fingerprint density at radius 2 is 1.75 bits per heavy atom. The van der Waals surface area contributed by atoms with Crippen molar-refractivity contribution in [2.24, 2.45) is 0 Å². The summed E-state index contributed by atoms with van der Waals surface area (Å²) >= 11 is 0. The van der Waals surface area contributed by atoms with Crippen molar-refractivity contribution in [3.8, 4) is 0 Å². The van der Waals surface area contributed by atoms with Gasteiger partial charge in [0.1, 0.15) is 0 Å². The van der Waals surface area contributed by atoms with Gasteiger partial charge in [-0.05, 0) is 36.6 Å². The summed E-state index contributed by atoms with van der Waals surface area (Å²) in [6.07, 6.45) is 0.746. The van der Waals surface area contributed by atoms with E-state index in [4.69, 9.17) is 5.11 Å². The number of carbonyl (C=O) groups is 1. The summed E-state index contributed by atoms with van der Waals surface area (Å²) in [5.74, 6) is 0. The number of nitrogens with zero attached hydrogens (tertiary/aromatic N) is 1. The summed E-state index contributed by atoms with van der Waals surface area (Å²) in [6, 6.07) is 15.3. The maximum absolute atomic E-state index is 12.1. The first kappa shape index (κ1) is 17.8. The number of aliphatic hydroxyl groups is 1. The van der Waals surface area contributed by atoms with Gasteiger partial charge in [-0.2, -0.15) is 0 Å². The molecule has 0 aliphatic heterocycles. The normalized spacial score (nSPS) is 10.3. The van der Waals surface area contributed by atoms with Crippen LogP contribution in [0.5, 0.6) is 0 Å². The van der Waals surface area contributed by atoms with Gasteiger partial charge in [-0.1, -0.05) is 36.4 Å². The summed E-state index contributed by atoms with van der Waals surface area (Å²) in [5.41, 5.74) is 3.81. The molecule has 0 heterocycles. The zero-order valence-corrected chi connectivity index (χ0v) is 14.2. The van der Waals surface area contributed by atoms with E-state index in [-0.39, 0.29) is 12.6 Å². The van der Waals surface area contributed by atoms with E-state index < -0.39 is 0 Å². The molecular formula is C19H25N3O2. The molecule has 0 saturated heterocycles. The van der Waals surface area contributed by atoms with Crippen LogP contribution in [-0.2, 0) is 13.0 Å². The second kappa shape index (κ2) is 8.93. The summed E-state index contributed by atoms with van der Waals surface area (Å²) in [7, 11) is 1.99. The third kappa shape index (κ3) is 4.99. The number of carbonyl (C=O) groups excluding carboxylic acids is 1. The topological polar surface area (TPSA) is 64.6 Å². The smallest absolute Gasteiger partial charge is 0.319 e. The molecule has 2 amide bonds. The number of rotatable bonds is 7. The Hall–Kier alpha value is -2.53. The molecule has 2 aromatic carbocycles. The molecule has 0 bridgehead atoms. The van der Waals surface area contributed by atoms with Gasteiger partial charge in [0.05, 0.1) is 18.0 Å². The molecule has 2 aromatic rings. The molecule has 2 rings (SSSR count). The predicted molar refractivity (Wildman–Crippen MR) is 98.5 cm³/mol. The first-order valence-corrected chi connectivity index (χ1v) is 8.17. The van der Waals surface area contributed by atoms with Crippen molar-refractivity contribution in [1.29, 1.82) is 0 Å². The van der Waals surface area contributed by atoms with Crippen molar-refractivity contribution in [2.45, 2.75) is 20.0 Å². The van der Waals surface area contributed by atoms with Crippen LogP contribution in [0.1, 0.15) is 18.1 Å². The summed E-state index contributed by atoms with van der Waals surface area (Å²) < 4.78 is 0. The van der Waals surface area contributed by atoms with Crippen molar-refractivity contribution in [3.63, 3.8) is 0 Å². The lowest BCUT2D eigenvalue weighted by atomic mass is 10.1. The molecule has 0 aromatic heterocycles. The lowest BCUT2D eigenvalue weighted by Gasteiger charge is -2.20. The lowest BCUT2D eigenvalue weighted by molar-refractivity contribution is 0.252. The number of aliphatic hydroxyl groups excluding tert-OH is 1. The van der Waals surface area contributed by atoms with E-state index in [1.807, 2.05) is 55.6 Å². The number of amides is 2. The van der Waals surface area contributed by atoms with Crippen LogP contribution >= 0.6 is 0 Å². The quantitative estimate of drug-likeness (QED) is 0.732. The number of hydrogen-bond donors (Lipinski definition) is 3. The van der Waals surface area contributed by atoms with Crippen LogP contribution < -0.4 is 15.5 Å². The predicted octanol–water partition coefficient (Wildman–Crippen LogP) is 3.00. The highest BCUT2D eigenvalue weighted by Crippen LogP contribution is 2.24. The van der Waals surface area contributed by atoms with Crippen molar-refractivity contribution >= 4 is 17.4 Å². The van der Waals surface area contributed by atoms with Crippen LogP contribution in [-0.4, -0.2) is 31.3 Å². The number of benzene rings is 2. The number of hydrogen-bond acceptors (Lipinski definition) is 3. The minimum atomic E-state index is -0.209. The first-order chi connectivity index (χ1) is 11.6. The van der Waals surface area contributed by atoms with Gasteiger partial charge in [-0.3, -0.25) is 0 Å². The van der Waals surface area contributed by atoms with Gasteiger partial charge >= 0.3 is 6.03 Å². The minimum Gasteiger partial charge on any atom is -0.392 e. The maximum Gasteiger partial charge on any atom is 0.319 e. The van der Waals surface area contributed by atoms with E-state index in [9.17, 15) is 4.79 Å². The zero-order valence-electron chi connectivity index (χ0n) is 14.2. The molecule has 0 fully saturated rings. The Kier molecular flexibility index (Phi) is 6.63.